The number of carbonyl (C=O) groups excluding carboxylic acids is 1. The molecule has 1 aromatic carbocycles. The molecule has 24 heavy (non-hydrogen) atoms. The lowest BCUT2D eigenvalue weighted by Crippen LogP contribution is -2.41. The van der Waals surface area contributed by atoms with Crippen molar-refractivity contribution in [1.82, 2.24) is 9.88 Å². The molecule has 1 aliphatic rings. The maximum Gasteiger partial charge on any atom is 0.223 e. The van der Waals surface area contributed by atoms with E-state index in [0.717, 1.165) is 24.3 Å². The number of rotatable bonds is 5. The summed E-state index contributed by atoms with van der Waals surface area (Å²) in [6, 6.07) is 10.1. The first kappa shape index (κ1) is 17.0. The van der Waals surface area contributed by atoms with Gasteiger partial charge in [0.25, 0.3) is 0 Å². The molecule has 2 unspecified atom stereocenters. The smallest absolute Gasteiger partial charge is 0.223 e. The van der Waals surface area contributed by atoms with Crippen molar-refractivity contribution in [3.8, 4) is 0 Å². The number of hydrogen-bond acceptors (Lipinski definition) is 4. The van der Waals surface area contributed by atoms with E-state index < -0.39 is 6.17 Å². The lowest BCUT2D eigenvalue weighted by atomic mass is 9.88. The van der Waals surface area contributed by atoms with E-state index in [1.807, 2.05) is 18.2 Å². The molecule has 0 bridgehead atoms. The van der Waals surface area contributed by atoms with Crippen LogP contribution < -0.4 is 5.32 Å². The molecule has 0 aliphatic carbocycles. The lowest BCUT2D eigenvalue weighted by Gasteiger charge is -2.34. The van der Waals surface area contributed by atoms with Crippen molar-refractivity contribution in [3.05, 3.63) is 47.0 Å². The summed E-state index contributed by atoms with van der Waals surface area (Å²) in [7, 11) is 0. The van der Waals surface area contributed by atoms with Gasteiger partial charge in [-0.1, -0.05) is 30.3 Å². The van der Waals surface area contributed by atoms with Crippen LogP contribution in [0, 0.1) is 5.92 Å². The number of alkyl halides is 1. The van der Waals surface area contributed by atoms with E-state index >= 15 is 0 Å². The van der Waals surface area contributed by atoms with Gasteiger partial charge < -0.3 is 5.32 Å². The number of amides is 1. The summed E-state index contributed by atoms with van der Waals surface area (Å²) in [5.41, 5.74) is 1.21. The van der Waals surface area contributed by atoms with Crippen LogP contribution >= 0.6 is 11.3 Å². The topological polar surface area (TPSA) is 45.2 Å². The van der Waals surface area contributed by atoms with Gasteiger partial charge in [-0.2, -0.15) is 0 Å². The molecular formula is C18H22FN3OS. The van der Waals surface area contributed by atoms with Crippen LogP contribution in [0.4, 0.5) is 9.52 Å². The molecule has 2 heterocycles. The molecule has 1 aromatic heterocycles. The molecule has 1 N–H and O–H groups in total. The summed E-state index contributed by atoms with van der Waals surface area (Å²) >= 11 is 1.45. The minimum absolute atomic E-state index is 0.0973. The SMILES string of the molecule is CC(=O)Nc1ncc(CN2CCC(Cc3ccccc3)C(F)C2)s1. The summed E-state index contributed by atoms with van der Waals surface area (Å²) in [6.45, 7) is 3.51. The third-order valence-corrected chi connectivity index (χ3v) is 5.21. The van der Waals surface area contributed by atoms with Crippen LogP contribution in [0.5, 0.6) is 0 Å². The minimum Gasteiger partial charge on any atom is -0.302 e. The van der Waals surface area contributed by atoms with E-state index in [1.165, 1.54) is 23.8 Å². The van der Waals surface area contributed by atoms with E-state index in [4.69, 9.17) is 0 Å². The predicted molar refractivity (Wildman–Crippen MR) is 94.8 cm³/mol. The number of hydrogen-bond donors (Lipinski definition) is 1. The Labute approximate surface area is 145 Å². The van der Waals surface area contributed by atoms with Gasteiger partial charge in [0.1, 0.15) is 6.17 Å². The fourth-order valence-corrected chi connectivity index (χ4v) is 4.02. The Hall–Kier alpha value is -1.79. The number of nitrogens with zero attached hydrogens (tertiary/aromatic N) is 2. The van der Waals surface area contributed by atoms with E-state index in [2.05, 4.69) is 27.3 Å². The molecule has 1 saturated heterocycles. The van der Waals surface area contributed by atoms with Crippen molar-refractivity contribution in [2.75, 3.05) is 18.4 Å². The van der Waals surface area contributed by atoms with Gasteiger partial charge in [0.2, 0.25) is 5.91 Å². The predicted octanol–water partition coefficient (Wildman–Crippen LogP) is 3.50. The number of carbonyl (C=O) groups is 1. The zero-order chi connectivity index (χ0) is 16.9. The van der Waals surface area contributed by atoms with Crippen molar-refractivity contribution in [2.45, 2.75) is 32.5 Å². The van der Waals surface area contributed by atoms with Crippen LogP contribution in [0.3, 0.4) is 0 Å². The maximum atomic E-state index is 14.6. The van der Waals surface area contributed by atoms with E-state index in [0.29, 0.717) is 18.2 Å². The number of benzene rings is 1. The Bertz CT molecular complexity index is 676. The van der Waals surface area contributed by atoms with Gasteiger partial charge in [0.05, 0.1) is 0 Å². The Kier molecular flexibility index (Phi) is 5.58. The zero-order valence-corrected chi connectivity index (χ0v) is 14.6. The third kappa shape index (κ3) is 4.61. The Morgan fingerprint density at radius 2 is 2.21 bits per heavy atom. The van der Waals surface area contributed by atoms with Crippen molar-refractivity contribution < 1.29 is 9.18 Å². The monoisotopic (exact) mass is 347 g/mol. The number of thiazole rings is 1. The van der Waals surface area contributed by atoms with Gasteiger partial charge in [-0.25, -0.2) is 9.37 Å². The van der Waals surface area contributed by atoms with Crippen LogP contribution in [-0.4, -0.2) is 35.1 Å². The summed E-state index contributed by atoms with van der Waals surface area (Å²) in [6.07, 6.45) is 2.64. The van der Waals surface area contributed by atoms with Crippen molar-refractivity contribution in [1.29, 1.82) is 0 Å². The molecule has 6 heteroatoms. The van der Waals surface area contributed by atoms with Gasteiger partial charge in [-0.15, -0.1) is 11.3 Å². The van der Waals surface area contributed by atoms with Crippen LogP contribution in [0.1, 0.15) is 23.8 Å². The minimum atomic E-state index is -0.804. The average Bonchev–Trinajstić information content (AvgIpc) is 2.97. The lowest BCUT2D eigenvalue weighted by molar-refractivity contribution is -0.114. The summed E-state index contributed by atoms with van der Waals surface area (Å²) in [4.78, 5) is 18.4. The number of aromatic nitrogens is 1. The second kappa shape index (κ2) is 7.85. The zero-order valence-electron chi connectivity index (χ0n) is 13.7. The Morgan fingerprint density at radius 1 is 1.42 bits per heavy atom. The highest BCUT2D eigenvalue weighted by Crippen LogP contribution is 2.27. The first-order valence-corrected chi connectivity index (χ1v) is 9.04. The first-order chi connectivity index (χ1) is 11.6. The molecule has 2 aromatic rings. The van der Waals surface area contributed by atoms with Crippen molar-refractivity contribution >= 4 is 22.4 Å². The van der Waals surface area contributed by atoms with Crippen LogP contribution in [-0.2, 0) is 17.8 Å². The van der Waals surface area contributed by atoms with Gasteiger partial charge >= 0.3 is 0 Å². The Balaban J connectivity index is 1.52. The second-order valence-corrected chi connectivity index (χ2v) is 7.42. The van der Waals surface area contributed by atoms with Gasteiger partial charge in [-0.05, 0) is 30.9 Å². The number of likely N-dealkylation sites (tertiary alicyclic amines) is 1. The molecule has 2 atom stereocenters. The van der Waals surface area contributed by atoms with E-state index in [1.54, 1.807) is 6.20 Å². The normalized spacial score (nSPS) is 21.6. The largest absolute Gasteiger partial charge is 0.302 e. The summed E-state index contributed by atoms with van der Waals surface area (Å²) < 4.78 is 14.6. The van der Waals surface area contributed by atoms with Gasteiger partial charge in [-0.3, -0.25) is 9.69 Å². The standard InChI is InChI=1S/C18H22FN3OS/c1-13(23)21-18-20-10-16(24-18)11-22-8-7-15(17(19)12-22)9-14-5-3-2-4-6-14/h2-6,10,15,17H,7-9,11-12H2,1H3,(H,20,21,23). The molecule has 3 rings (SSSR count). The number of halogens is 1. The van der Waals surface area contributed by atoms with Crippen LogP contribution in [0.25, 0.3) is 0 Å². The quantitative estimate of drug-likeness (QED) is 0.900. The fourth-order valence-electron chi connectivity index (χ4n) is 3.12. The Morgan fingerprint density at radius 3 is 2.92 bits per heavy atom. The van der Waals surface area contributed by atoms with Gasteiger partial charge in [0, 0.05) is 31.1 Å². The molecule has 1 amide bonds. The fraction of sp³-hybridized carbons (Fsp3) is 0.444. The number of anilines is 1. The summed E-state index contributed by atoms with van der Waals surface area (Å²) in [5.74, 6) is -0.0264. The van der Waals surface area contributed by atoms with E-state index in [-0.39, 0.29) is 11.8 Å². The molecule has 0 spiro atoms. The summed E-state index contributed by atoms with van der Waals surface area (Å²) in [5, 5.41) is 3.29. The van der Waals surface area contributed by atoms with Crippen LogP contribution in [0.15, 0.2) is 36.5 Å². The molecule has 0 saturated carbocycles. The molecular weight excluding hydrogens is 325 g/mol. The number of piperidine rings is 1. The van der Waals surface area contributed by atoms with Gasteiger partial charge in [0.15, 0.2) is 5.13 Å². The number of nitrogens with one attached hydrogen (secondary N) is 1. The van der Waals surface area contributed by atoms with E-state index in [9.17, 15) is 9.18 Å². The average molecular weight is 347 g/mol. The molecule has 1 fully saturated rings. The third-order valence-electron chi connectivity index (χ3n) is 4.32. The van der Waals surface area contributed by atoms with Crippen molar-refractivity contribution in [3.63, 3.8) is 0 Å². The highest BCUT2D eigenvalue weighted by atomic mass is 32.1. The second-order valence-electron chi connectivity index (χ2n) is 6.30. The maximum absolute atomic E-state index is 14.6. The van der Waals surface area contributed by atoms with Crippen LogP contribution in [0.2, 0.25) is 0 Å². The van der Waals surface area contributed by atoms with Crippen molar-refractivity contribution in [2.24, 2.45) is 5.92 Å². The highest BCUT2D eigenvalue weighted by Gasteiger charge is 2.29. The highest BCUT2D eigenvalue weighted by molar-refractivity contribution is 7.15. The first-order valence-electron chi connectivity index (χ1n) is 8.23. The molecule has 128 valence electrons. The molecule has 0 radical (unpaired) electrons. The molecule has 4 nitrogen and oxygen atoms in total. The molecule has 1 aliphatic heterocycles.